The lowest BCUT2D eigenvalue weighted by Gasteiger charge is -2.44. The topological polar surface area (TPSA) is 39.2 Å². The number of hydrogen-bond acceptors (Lipinski definition) is 3. The van der Waals surface area contributed by atoms with Gasteiger partial charge in [-0.2, -0.15) is 0 Å². The van der Waals surface area contributed by atoms with Crippen LogP contribution in [0.4, 0.5) is 0 Å². The van der Waals surface area contributed by atoms with Crippen LogP contribution in [0.2, 0.25) is 5.04 Å². The number of nitrogens with zero attached hydrogens (tertiary/aromatic N) is 1. The van der Waals surface area contributed by atoms with Crippen LogP contribution in [-0.2, 0) is 9.53 Å². The predicted molar refractivity (Wildman–Crippen MR) is 154 cm³/mol. The Labute approximate surface area is 215 Å². The summed E-state index contributed by atoms with van der Waals surface area (Å²) in [6, 6.07) is 29.9. The molecule has 1 heterocycles. The van der Waals surface area contributed by atoms with Gasteiger partial charge in [-0.15, -0.1) is 0 Å². The summed E-state index contributed by atoms with van der Waals surface area (Å²) >= 11 is 0. The van der Waals surface area contributed by atoms with Crippen LogP contribution in [0, 0.1) is 0 Å². The molecule has 0 saturated carbocycles. The van der Waals surface area contributed by atoms with E-state index >= 15 is 0 Å². The molecule has 184 valence electrons. The van der Waals surface area contributed by atoms with E-state index in [0.717, 1.165) is 23.7 Å². The Balaban J connectivity index is 2.01. The standard InChI is InChI=1S/C32H35NO2Si/c1-5-6-24-35-30(34)21-20-26-15-11-13-19-29(26)36(32(2,3)4,27-16-8-7-9-17-27)31-28-18-12-10-14-25(28)22-23-33-31/h7-23H,5-6,24H2,1-4H3/b21-20+/t36-/m1/s1. The van der Waals surface area contributed by atoms with Crippen molar-refractivity contribution in [3.05, 3.63) is 103 Å². The van der Waals surface area contributed by atoms with E-state index in [4.69, 9.17) is 9.72 Å². The number of aromatic nitrogens is 1. The van der Waals surface area contributed by atoms with Gasteiger partial charge in [0.15, 0.2) is 8.07 Å². The predicted octanol–water partition coefficient (Wildman–Crippen LogP) is 5.86. The first-order chi connectivity index (χ1) is 17.4. The monoisotopic (exact) mass is 493 g/mol. The Hall–Kier alpha value is -3.50. The Morgan fingerprint density at radius 3 is 2.36 bits per heavy atom. The molecule has 36 heavy (non-hydrogen) atoms. The number of rotatable bonds is 8. The van der Waals surface area contributed by atoms with Crippen molar-refractivity contribution >= 4 is 46.6 Å². The van der Waals surface area contributed by atoms with Gasteiger partial charge in [-0.3, -0.25) is 4.98 Å². The highest BCUT2D eigenvalue weighted by Gasteiger charge is 2.52. The van der Waals surface area contributed by atoms with Crippen LogP contribution >= 0.6 is 0 Å². The Morgan fingerprint density at radius 1 is 0.917 bits per heavy atom. The number of esters is 1. The molecule has 3 nitrogen and oxygen atoms in total. The third kappa shape index (κ3) is 4.91. The minimum absolute atomic E-state index is 0.128. The zero-order valence-electron chi connectivity index (χ0n) is 21.7. The molecule has 4 aromatic rings. The normalized spacial score (nSPS) is 13.6. The fourth-order valence-electron chi connectivity index (χ4n) is 5.23. The van der Waals surface area contributed by atoms with Gasteiger partial charge in [0, 0.05) is 17.6 Å². The first-order valence-corrected chi connectivity index (χ1v) is 14.7. The number of pyridine rings is 1. The third-order valence-electron chi connectivity index (χ3n) is 6.87. The van der Waals surface area contributed by atoms with E-state index in [0.29, 0.717) is 6.61 Å². The number of carbonyl (C=O) groups excluding carboxylic acids is 1. The summed E-state index contributed by atoms with van der Waals surface area (Å²) in [5, 5.41) is 5.93. The first-order valence-electron chi connectivity index (χ1n) is 12.7. The van der Waals surface area contributed by atoms with E-state index in [9.17, 15) is 4.79 Å². The molecule has 0 unspecified atom stereocenters. The second-order valence-corrected chi connectivity index (χ2v) is 14.8. The molecule has 0 amide bonds. The van der Waals surface area contributed by atoms with Gasteiger partial charge in [0.05, 0.1) is 6.61 Å². The van der Waals surface area contributed by atoms with Gasteiger partial charge in [-0.05, 0) is 50.3 Å². The van der Waals surface area contributed by atoms with E-state index in [-0.39, 0.29) is 11.0 Å². The molecule has 0 bridgehead atoms. The van der Waals surface area contributed by atoms with Crippen LogP contribution in [0.25, 0.3) is 16.8 Å². The summed E-state index contributed by atoms with van der Waals surface area (Å²) in [5.74, 6) is -0.302. The Bertz CT molecular complexity index is 1350. The number of fused-ring (bicyclic) bond motifs is 1. The summed E-state index contributed by atoms with van der Waals surface area (Å²) in [5.41, 5.74) is 1.03. The van der Waals surface area contributed by atoms with E-state index < -0.39 is 8.07 Å². The van der Waals surface area contributed by atoms with Gasteiger partial charge in [0.1, 0.15) is 0 Å². The molecule has 1 atom stereocenters. The van der Waals surface area contributed by atoms with Gasteiger partial charge in [-0.25, -0.2) is 4.79 Å². The summed E-state index contributed by atoms with van der Waals surface area (Å²) in [7, 11) is -2.75. The van der Waals surface area contributed by atoms with Crippen molar-refractivity contribution in [2.75, 3.05) is 6.61 Å². The van der Waals surface area contributed by atoms with E-state index in [1.807, 2.05) is 18.3 Å². The molecule has 0 spiro atoms. The molecule has 0 aliphatic carbocycles. The van der Waals surface area contributed by atoms with Crippen LogP contribution in [-0.4, -0.2) is 25.6 Å². The third-order valence-corrected chi connectivity index (χ3v) is 12.7. The molecule has 4 rings (SSSR count). The van der Waals surface area contributed by atoms with Gasteiger partial charge in [0.25, 0.3) is 0 Å². The van der Waals surface area contributed by atoms with Crippen molar-refractivity contribution < 1.29 is 9.53 Å². The Kier molecular flexibility index (Phi) is 7.85. The molecule has 1 aromatic heterocycles. The van der Waals surface area contributed by atoms with Crippen molar-refractivity contribution in [2.24, 2.45) is 0 Å². The molecule has 0 aliphatic heterocycles. The van der Waals surface area contributed by atoms with Gasteiger partial charge < -0.3 is 4.74 Å². The van der Waals surface area contributed by atoms with Crippen LogP contribution < -0.4 is 15.7 Å². The average Bonchev–Trinajstić information content (AvgIpc) is 2.89. The molecular formula is C32H35NO2Si. The smallest absolute Gasteiger partial charge is 0.330 e. The lowest BCUT2D eigenvalue weighted by molar-refractivity contribution is -0.137. The average molecular weight is 494 g/mol. The van der Waals surface area contributed by atoms with Crippen molar-refractivity contribution in [3.8, 4) is 0 Å². The zero-order chi connectivity index (χ0) is 25.6. The van der Waals surface area contributed by atoms with Crippen molar-refractivity contribution in [1.82, 2.24) is 4.98 Å². The highest BCUT2D eigenvalue weighted by atomic mass is 28.3. The number of unbranched alkanes of at least 4 members (excludes halogenated alkanes) is 1. The summed E-state index contributed by atoms with van der Waals surface area (Å²) in [4.78, 5) is 17.6. The van der Waals surface area contributed by atoms with Crippen molar-refractivity contribution in [3.63, 3.8) is 0 Å². The fourth-order valence-corrected chi connectivity index (χ4v) is 11.0. The van der Waals surface area contributed by atoms with Gasteiger partial charge in [0.2, 0.25) is 0 Å². The molecule has 4 heteroatoms. The number of carbonyl (C=O) groups is 1. The molecular weight excluding hydrogens is 458 g/mol. The van der Waals surface area contributed by atoms with Crippen molar-refractivity contribution in [1.29, 1.82) is 0 Å². The molecule has 0 N–H and O–H groups in total. The minimum Gasteiger partial charge on any atom is -0.463 e. The lowest BCUT2D eigenvalue weighted by Crippen LogP contribution is -2.73. The number of hydrogen-bond donors (Lipinski definition) is 0. The summed E-state index contributed by atoms with van der Waals surface area (Å²) < 4.78 is 5.40. The molecule has 0 radical (unpaired) electrons. The van der Waals surface area contributed by atoms with E-state index in [1.54, 1.807) is 6.08 Å². The summed E-state index contributed by atoms with van der Waals surface area (Å²) in [6.07, 6.45) is 7.30. The van der Waals surface area contributed by atoms with Crippen molar-refractivity contribution in [2.45, 2.75) is 45.6 Å². The van der Waals surface area contributed by atoms with E-state index in [2.05, 4.69) is 107 Å². The SMILES string of the molecule is CCCCOC(=O)/C=C/c1ccccc1[Si@](c1ccccc1)(c1nccc2ccccc12)C(C)(C)C. The van der Waals surface area contributed by atoms with Gasteiger partial charge >= 0.3 is 5.97 Å². The second-order valence-electron chi connectivity index (χ2n) is 10.2. The molecule has 0 fully saturated rings. The highest BCUT2D eigenvalue weighted by molar-refractivity contribution is 7.14. The highest BCUT2D eigenvalue weighted by Crippen LogP contribution is 2.37. The Morgan fingerprint density at radius 2 is 1.61 bits per heavy atom. The number of ether oxygens (including phenoxy) is 1. The lowest BCUT2D eigenvalue weighted by atomic mass is 10.2. The van der Waals surface area contributed by atoms with E-state index in [1.165, 1.54) is 21.1 Å². The zero-order valence-corrected chi connectivity index (χ0v) is 22.7. The molecule has 0 saturated heterocycles. The maximum Gasteiger partial charge on any atom is 0.330 e. The summed E-state index contributed by atoms with van der Waals surface area (Å²) in [6.45, 7) is 9.52. The second kappa shape index (κ2) is 11.0. The van der Waals surface area contributed by atoms with Crippen LogP contribution in [0.1, 0.15) is 46.1 Å². The minimum atomic E-state index is -2.75. The van der Waals surface area contributed by atoms with Crippen LogP contribution in [0.3, 0.4) is 0 Å². The maximum atomic E-state index is 12.5. The number of benzene rings is 3. The van der Waals surface area contributed by atoms with Crippen LogP contribution in [0.5, 0.6) is 0 Å². The molecule has 3 aromatic carbocycles. The largest absolute Gasteiger partial charge is 0.463 e. The molecule has 0 aliphatic rings. The fraction of sp³-hybridized carbons (Fsp3) is 0.250. The first kappa shape index (κ1) is 25.6. The quantitative estimate of drug-likeness (QED) is 0.134. The maximum absolute atomic E-state index is 12.5. The van der Waals surface area contributed by atoms with Gasteiger partial charge in [-0.1, -0.05) is 113 Å². The van der Waals surface area contributed by atoms with Crippen LogP contribution in [0.15, 0.2) is 97.2 Å².